The lowest BCUT2D eigenvalue weighted by Gasteiger charge is -2.18. The summed E-state index contributed by atoms with van der Waals surface area (Å²) in [7, 11) is 0. The summed E-state index contributed by atoms with van der Waals surface area (Å²) in [5.74, 6) is -0.881. The smallest absolute Gasteiger partial charge is 0.306 e. The van der Waals surface area contributed by atoms with Gasteiger partial charge in [0, 0.05) is 19.3 Å². The Kier molecular flexibility index (Phi) is 54.2. The molecule has 0 saturated carbocycles. The van der Waals surface area contributed by atoms with Crippen LogP contribution < -0.4 is 0 Å². The average Bonchev–Trinajstić information content (AvgIpc) is 3.33. The van der Waals surface area contributed by atoms with Gasteiger partial charge in [0.15, 0.2) is 6.10 Å². The lowest BCUT2D eigenvalue weighted by atomic mass is 10.0. The molecule has 392 valence electrons. The number of unbranched alkanes of at least 4 members (excludes halogenated alkanes) is 37. The second-order valence-corrected chi connectivity index (χ2v) is 19.9. The maximum absolute atomic E-state index is 12.7. The van der Waals surface area contributed by atoms with Crippen LogP contribution in [0.4, 0.5) is 0 Å². The molecule has 0 aliphatic rings. The SMILES string of the molecule is CCC/C=C\CCCCCCCC(=O)OC(COC(=O)CCCCCCCC)COC(=O)CCCCCCCCCCCCCCCCCCCCCCC/C=C\C/C=C\CCCCCCC. The Morgan fingerprint density at radius 1 is 0.299 bits per heavy atom. The highest BCUT2D eigenvalue weighted by Crippen LogP contribution is 2.17. The van der Waals surface area contributed by atoms with Crippen molar-refractivity contribution in [2.45, 2.75) is 322 Å². The van der Waals surface area contributed by atoms with Crippen molar-refractivity contribution in [1.29, 1.82) is 0 Å². The van der Waals surface area contributed by atoms with Crippen LogP contribution in [0.1, 0.15) is 316 Å². The molecule has 1 atom stereocenters. The largest absolute Gasteiger partial charge is 0.462 e. The predicted molar refractivity (Wildman–Crippen MR) is 289 cm³/mol. The molecule has 0 aliphatic carbocycles. The second kappa shape index (κ2) is 56.2. The minimum atomic E-state index is -0.768. The van der Waals surface area contributed by atoms with Crippen LogP contribution in [0, 0.1) is 0 Å². The van der Waals surface area contributed by atoms with E-state index in [0.717, 1.165) is 83.5 Å². The molecule has 6 nitrogen and oxygen atoms in total. The van der Waals surface area contributed by atoms with Crippen LogP contribution in [0.2, 0.25) is 0 Å². The van der Waals surface area contributed by atoms with E-state index in [1.165, 1.54) is 193 Å². The van der Waals surface area contributed by atoms with Crippen molar-refractivity contribution < 1.29 is 28.6 Å². The summed E-state index contributed by atoms with van der Waals surface area (Å²) in [6, 6.07) is 0. The zero-order valence-corrected chi connectivity index (χ0v) is 44.9. The van der Waals surface area contributed by atoms with Crippen molar-refractivity contribution in [1.82, 2.24) is 0 Å². The van der Waals surface area contributed by atoms with Crippen LogP contribution in [-0.4, -0.2) is 37.2 Å². The van der Waals surface area contributed by atoms with Gasteiger partial charge in [0.2, 0.25) is 0 Å². The van der Waals surface area contributed by atoms with E-state index in [9.17, 15) is 14.4 Å². The summed E-state index contributed by atoms with van der Waals surface area (Å²) in [5.41, 5.74) is 0. The lowest BCUT2D eigenvalue weighted by Crippen LogP contribution is -2.30. The Morgan fingerprint density at radius 3 is 0.896 bits per heavy atom. The monoisotopic (exact) mass is 941 g/mol. The van der Waals surface area contributed by atoms with E-state index in [1.807, 2.05) is 0 Å². The molecule has 0 aromatic heterocycles. The van der Waals surface area contributed by atoms with Crippen LogP contribution in [0.25, 0.3) is 0 Å². The van der Waals surface area contributed by atoms with Crippen molar-refractivity contribution in [3.8, 4) is 0 Å². The number of carbonyl (C=O) groups excluding carboxylic acids is 3. The van der Waals surface area contributed by atoms with E-state index >= 15 is 0 Å². The van der Waals surface area contributed by atoms with Gasteiger partial charge in [-0.3, -0.25) is 14.4 Å². The fourth-order valence-corrected chi connectivity index (χ4v) is 8.65. The van der Waals surface area contributed by atoms with Crippen LogP contribution >= 0.6 is 0 Å². The van der Waals surface area contributed by atoms with Crippen LogP contribution in [0.15, 0.2) is 36.5 Å². The molecule has 0 heterocycles. The lowest BCUT2D eigenvalue weighted by molar-refractivity contribution is -0.167. The van der Waals surface area contributed by atoms with E-state index in [2.05, 4.69) is 57.2 Å². The number of ether oxygens (including phenoxy) is 3. The molecule has 0 bridgehead atoms. The first-order valence-corrected chi connectivity index (χ1v) is 29.5. The molecule has 0 spiro atoms. The highest BCUT2D eigenvalue weighted by Gasteiger charge is 2.19. The summed E-state index contributed by atoms with van der Waals surface area (Å²) in [6.07, 6.45) is 67.8. The Bertz CT molecular complexity index is 1130. The minimum Gasteiger partial charge on any atom is -0.462 e. The van der Waals surface area contributed by atoms with Crippen molar-refractivity contribution in [3.63, 3.8) is 0 Å². The molecule has 0 rings (SSSR count). The van der Waals surface area contributed by atoms with E-state index in [0.29, 0.717) is 19.3 Å². The molecule has 6 heteroatoms. The van der Waals surface area contributed by atoms with Crippen LogP contribution in [0.5, 0.6) is 0 Å². The zero-order chi connectivity index (χ0) is 48.6. The van der Waals surface area contributed by atoms with Crippen molar-refractivity contribution >= 4 is 17.9 Å². The Labute approximate surface area is 416 Å². The molecule has 1 unspecified atom stereocenters. The summed E-state index contributed by atoms with van der Waals surface area (Å²) in [6.45, 7) is 6.52. The number of hydrogen-bond donors (Lipinski definition) is 0. The first-order chi connectivity index (χ1) is 33.0. The number of esters is 3. The first-order valence-electron chi connectivity index (χ1n) is 29.5. The van der Waals surface area contributed by atoms with E-state index in [1.54, 1.807) is 0 Å². The summed E-state index contributed by atoms with van der Waals surface area (Å²) in [4.78, 5) is 37.7. The minimum absolute atomic E-state index is 0.0718. The Morgan fingerprint density at radius 2 is 0.567 bits per heavy atom. The first kappa shape index (κ1) is 64.6. The van der Waals surface area contributed by atoms with Gasteiger partial charge in [-0.2, -0.15) is 0 Å². The molecule has 67 heavy (non-hydrogen) atoms. The summed E-state index contributed by atoms with van der Waals surface area (Å²) >= 11 is 0. The van der Waals surface area contributed by atoms with Crippen molar-refractivity contribution in [2.24, 2.45) is 0 Å². The Hall–Kier alpha value is -2.37. The Balaban J connectivity index is 3.85. The number of allylic oxidation sites excluding steroid dienone is 6. The average molecular weight is 942 g/mol. The van der Waals surface area contributed by atoms with Gasteiger partial charge < -0.3 is 14.2 Å². The van der Waals surface area contributed by atoms with E-state index in [-0.39, 0.29) is 31.1 Å². The van der Waals surface area contributed by atoms with Gasteiger partial charge in [0.1, 0.15) is 13.2 Å². The molecular weight excluding hydrogens is 829 g/mol. The maximum atomic E-state index is 12.7. The number of hydrogen-bond acceptors (Lipinski definition) is 6. The molecule has 0 amide bonds. The van der Waals surface area contributed by atoms with Gasteiger partial charge in [0.05, 0.1) is 0 Å². The van der Waals surface area contributed by atoms with Gasteiger partial charge in [0.25, 0.3) is 0 Å². The van der Waals surface area contributed by atoms with Gasteiger partial charge >= 0.3 is 17.9 Å². The third kappa shape index (κ3) is 54.4. The molecule has 0 N–H and O–H groups in total. The maximum Gasteiger partial charge on any atom is 0.306 e. The quantitative estimate of drug-likeness (QED) is 0.0262. The van der Waals surface area contributed by atoms with Crippen molar-refractivity contribution in [2.75, 3.05) is 13.2 Å². The highest BCUT2D eigenvalue weighted by molar-refractivity contribution is 5.71. The van der Waals surface area contributed by atoms with Gasteiger partial charge in [-0.25, -0.2) is 0 Å². The normalized spacial score (nSPS) is 12.2. The molecule has 0 aliphatic heterocycles. The molecular formula is C61H112O6. The second-order valence-electron chi connectivity index (χ2n) is 19.9. The molecule has 0 fully saturated rings. The fraction of sp³-hybridized carbons (Fsp3) is 0.852. The topological polar surface area (TPSA) is 78.9 Å². The van der Waals surface area contributed by atoms with E-state index < -0.39 is 6.10 Å². The van der Waals surface area contributed by atoms with Gasteiger partial charge in [-0.1, -0.05) is 263 Å². The highest BCUT2D eigenvalue weighted by atomic mass is 16.6. The fourth-order valence-electron chi connectivity index (χ4n) is 8.65. The van der Waals surface area contributed by atoms with E-state index in [4.69, 9.17) is 14.2 Å². The molecule has 0 aromatic rings. The number of rotatable bonds is 54. The predicted octanol–water partition coefficient (Wildman–Crippen LogP) is 19.7. The third-order valence-corrected chi connectivity index (χ3v) is 13.1. The summed E-state index contributed by atoms with van der Waals surface area (Å²) in [5, 5.41) is 0. The zero-order valence-electron chi connectivity index (χ0n) is 44.9. The molecule has 0 radical (unpaired) electrons. The van der Waals surface area contributed by atoms with Crippen LogP contribution in [-0.2, 0) is 28.6 Å². The summed E-state index contributed by atoms with van der Waals surface area (Å²) < 4.78 is 16.7. The van der Waals surface area contributed by atoms with Crippen molar-refractivity contribution in [3.05, 3.63) is 36.5 Å². The standard InChI is InChI=1S/C61H112O6/c1-4-7-10-13-16-18-20-21-22-23-24-25-26-27-28-29-30-31-32-33-34-35-36-37-38-39-40-41-42-44-45-48-51-54-60(63)66-57-58(56-65-59(62)53-50-47-15-12-9-6-3)67-61(64)55-52-49-46-43-19-17-14-11-8-5-2/h11,14,20-21,23-24,58H,4-10,12-13,15-19,22,25-57H2,1-3H3/b14-11-,21-20-,24-23-. The van der Waals surface area contributed by atoms with Gasteiger partial charge in [-0.05, 0) is 70.6 Å². The molecule has 0 aromatic carbocycles. The van der Waals surface area contributed by atoms with Gasteiger partial charge in [-0.15, -0.1) is 0 Å². The third-order valence-electron chi connectivity index (χ3n) is 13.1. The number of carbonyl (C=O) groups is 3. The molecule has 0 saturated heterocycles. The van der Waals surface area contributed by atoms with Crippen LogP contribution in [0.3, 0.4) is 0 Å².